The molecule has 0 aliphatic rings. The quantitative estimate of drug-likeness (QED) is 0.295. The number of quaternary nitrogens is 1. The largest absolute Gasteiger partial charge is 0.481 e. The number of carbonyl (C=O) groups is 4. The monoisotopic (exact) mass is 351 g/mol. The van der Waals surface area contributed by atoms with Crippen LogP contribution in [0, 0.1) is 5.92 Å². The number of carboxylic acids is 4. The van der Waals surface area contributed by atoms with E-state index in [2.05, 4.69) is 0 Å². The molecule has 1 unspecified atom stereocenters. The summed E-state index contributed by atoms with van der Waals surface area (Å²) in [6.45, 7) is 1.68. The molecule has 0 aromatic heterocycles. The molecule has 140 valence electrons. The smallest absolute Gasteiger partial charge is 0.312 e. The molecule has 1 atom stereocenters. The highest BCUT2D eigenvalue weighted by Gasteiger charge is 2.35. The summed E-state index contributed by atoms with van der Waals surface area (Å²) in [5, 5.41) is 35.8. The van der Waals surface area contributed by atoms with E-state index in [1.54, 1.807) is 6.92 Å². The minimum Gasteiger partial charge on any atom is -0.481 e. The molecule has 0 rings (SSSR count). The van der Waals surface area contributed by atoms with E-state index < -0.39 is 29.8 Å². The predicted octanol–water partition coefficient (Wildman–Crippen LogP) is 0.500. The standard InChI is InChI=1S/C14H23NO8.H3N/c1-2-10(14(22)23)9-15(6-3-11(16)17,7-4-12(18)19)8-5-13(20)21;/h10H,2-9H2,1H3,(H3-,16,17,18,19,20,21,22,23);1H3/p+1. The average Bonchev–Trinajstić information content (AvgIpc) is 2.45. The Kier molecular flexibility index (Phi) is 11.4. The normalized spacial score (nSPS) is 12.0. The molecule has 0 bridgehead atoms. The van der Waals surface area contributed by atoms with E-state index in [4.69, 9.17) is 15.3 Å². The van der Waals surface area contributed by atoms with E-state index >= 15 is 0 Å². The van der Waals surface area contributed by atoms with Crippen LogP contribution >= 0.6 is 0 Å². The zero-order chi connectivity index (χ0) is 18.0. The summed E-state index contributed by atoms with van der Waals surface area (Å²) in [6.07, 6.45) is -0.553. The lowest BCUT2D eigenvalue weighted by atomic mass is 10.0. The van der Waals surface area contributed by atoms with E-state index in [-0.39, 0.29) is 56.1 Å². The molecule has 0 fully saturated rings. The topological polar surface area (TPSA) is 184 Å². The summed E-state index contributed by atoms with van der Waals surface area (Å²) in [6, 6.07) is 0. The number of hydrogen-bond acceptors (Lipinski definition) is 5. The second-order valence-electron chi connectivity index (χ2n) is 5.57. The number of nitrogens with zero attached hydrogens (tertiary/aromatic N) is 1. The number of hydrogen-bond donors (Lipinski definition) is 5. The summed E-state index contributed by atoms with van der Waals surface area (Å²) < 4.78 is -0.143. The summed E-state index contributed by atoms with van der Waals surface area (Å²) in [5.41, 5.74) is 0. The van der Waals surface area contributed by atoms with Crippen LogP contribution in [0.1, 0.15) is 32.6 Å². The number of carboxylic acid groups (broad SMARTS) is 4. The van der Waals surface area contributed by atoms with Crippen molar-refractivity contribution in [1.29, 1.82) is 0 Å². The van der Waals surface area contributed by atoms with E-state index in [1.807, 2.05) is 0 Å². The molecule has 0 spiro atoms. The summed E-state index contributed by atoms with van der Waals surface area (Å²) in [4.78, 5) is 43.8. The van der Waals surface area contributed by atoms with Gasteiger partial charge in [-0.2, -0.15) is 0 Å². The summed E-state index contributed by atoms with van der Waals surface area (Å²) >= 11 is 0. The molecule has 24 heavy (non-hydrogen) atoms. The van der Waals surface area contributed by atoms with Gasteiger partial charge in [0.2, 0.25) is 0 Å². The van der Waals surface area contributed by atoms with Gasteiger partial charge in [-0.25, -0.2) is 0 Å². The Morgan fingerprint density at radius 3 is 1.33 bits per heavy atom. The highest BCUT2D eigenvalue weighted by atomic mass is 16.4. The first kappa shape index (κ1) is 24.1. The van der Waals surface area contributed by atoms with E-state index in [9.17, 15) is 24.3 Å². The third-order valence-corrected chi connectivity index (χ3v) is 3.85. The second kappa shape index (κ2) is 11.4. The van der Waals surface area contributed by atoms with Crippen LogP contribution < -0.4 is 6.15 Å². The van der Waals surface area contributed by atoms with Crippen LogP contribution in [-0.2, 0) is 19.2 Å². The minimum absolute atomic E-state index is 0. The SMILES string of the molecule is CCC(C[N+](CCC(=O)O)(CCC(=O)O)CCC(=O)O)C(=O)O.N. The van der Waals surface area contributed by atoms with Gasteiger partial charge in [0.05, 0.1) is 45.4 Å². The first-order chi connectivity index (χ1) is 10.6. The van der Waals surface area contributed by atoms with E-state index in [1.165, 1.54) is 0 Å². The van der Waals surface area contributed by atoms with Gasteiger partial charge in [-0.3, -0.25) is 19.2 Å². The zero-order valence-corrected chi connectivity index (χ0v) is 13.8. The fraction of sp³-hybridized carbons (Fsp3) is 0.714. The van der Waals surface area contributed by atoms with Crippen LogP contribution in [0.5, 0.6) is 0 Å². The molecule has 0 heterocycles. The summed E-state index contributed by atoms with van der Waals surface area (Å²) in [5.74, 6) is -5.13. The van der Waals surface area contributed by atoms with Gasteiger partial charge in [0.1, 0.15) is 5.92 Å². The van der Waals surface area contributed by atoms with Crippen molar-refractivity contribution in [3.05, 3.63) is 0 Å². The first-order valence-electron chi connectivity index (χ1n) is 7.35. The first-order valence-corrected chi connectivity index (χ1v) is 7.35. The lowest BCUT2D eigenvalue weighted by molar-refractivity contribution is -0.929. The Hall–Kier alpha value is -2.20. The maximum atomic E-state index is 11.3. The van der Waals surface area contributed by atoms with Gasteiger partial charge in [-0.1, -0.05) is 6.92 Å². The van der Waals surface area contributed by atoms with Gasteiger partial charge < -0.3 is 31.1 Å². The Bertz CT molecular complexity index is 407. The number of aliphatic carboxylic acids is 4. The molecule has 0 saturated heterocycles. The van der Waals surface area contributed by atoms with Crippen molar-refractivity contribution in [2.24, 2.45) is 5.92 Å². The third kappa shape index (κ3) is 9.74. The Balaban J connectivity index is 0. The summed E-state index contributed by atoms with van der Waals surface area (Å²) in [7, 11) is 0. The third-order valence-electron chi connectivity index (χ3n) is 3.85. The molecule has 0 amide bonds. The van der Waals surface area contributed by atoms with Crippen molar-refractivity contribution < 1.29 is 44.1 Å². The van der Waals surface area contributed by atoms with Crippen LogP contribution in [0.25, 0.3) is 0 Å². The van der Waals surface area contributed by atoms with Gasteiger partial charge in [-0.05, 0) is 6.42 Å². The molecule has 0 radical (unpaired) electrons. The van der Waals surface area contributed by atoms with E-state index in [0.717, 1.165) is 0 Å². The lowest BCUT2D eigenvalue weighted by Crippen LogP contribution is -2.55. The maximum absolute atomic E-state index is 11.3. The predicted molar refractivity (Wildman–Crippen MR) is 82.9 cm³/mol. The minimum atomic E-state index is -1.10. The average molecular weight is 351 g/mol. The van der Waals surface area contributed by atoms with Gasteiger partial charge in [0.25, 0.3) is 0 Å². The van der Waals surface area contributed by atoms with E-state index in [0.29, 0.717) is 6.42 Å². The fourth-order valence-corrected chi connectivity index (χ4v) is 2.46. The fourth-order valence-electron chi connectivity index (χ4n) is 2.46. The van der Waals surface area contributed by atoms with Crippen LogP contribution in [0.4, 0.5) is 0 Å². The van der Waals surface area contributed by atoms with Crippen molar-refractivity contribution in [3.63, 3.8) is 0 Å². The van der Waals surface area contributed by atoms with Gasteiger partial charge >= 0.3 is 23.9 Å². The van der Waals surface area contributed by atoms with Crippen molar-refractivity contribution in [3.8, 4) is 0 Å². The molecule has 0 aromatic rings. The molecule has 10 heteroatoms. The second-order valence-corrected chi connectivity index (χ2v) is 5.57. The molecular formula is C14H27N2O8+. The Labute approximate surface area is 139 Å². The highest BCUT2D eigenvalue weighted by Crippen LogP contribution is 2.18. The van der Waals surface area contributed by atoms with Gasteiger partial charge in [-0.15, -0.1) is 0 Å². The lowest BCUT2D eigenvalue weighted by Gasteiger charge is -2.39. The zero-order valence-electron chi connectivity index (χ0n) is 13.8. The van der Waals surface area contributed by atoms with Crippen LogP contribution in [-0.4, -0.2) is 75.0 Å². The van der Waals surface area contributed by atoms with Crippen molar-refractivity contribution >= 4 is 23.9 Å². The Morgan fingerprint density at radius 1 is 0.792 bits per heavy atom. The van der Waals surface area contributed by atoms with Crippen molar-refractivity contribution in [1.82, 2.24) is 6.15 Å². The molecular weight excluding hydrogens is 324 g/mol. The molecule has 0 saturated carbocycles. The van der Waals surface area contributed by atoms with Crippen LogP contribution in [0.3, 0.4) is 0 Å². The highest BCUT2D eigenvalue weighted by molar-refractivity contribution is 5.70. The van der Waals surface area contributed by atoms with Crippen LogP contribution in [0.15, 0.2) is 0 Å². The molecule has 0 aromatic carbocycles. The Morgan fingerprint density at radius 2 is 1.12 bits per heavy atom. The number of rotatable bonds is 13. The van der Waals surface area contributed by atoms with Crippen molar-refractivity contribution in [2.75, 3.05) is 26.2 Å². The molecule has 0 aliphatic carbocycles. The molecule has 7 N–H and O–H groups in total. The van der Waals surface area contributed by atoms with Crippen LogP contribution in [0.2, 0.25) is 0 Å². The van der Waals surface area contributed by atoms with Crippen molar-refractivity contribution in [2.45, 2.75) is 32.6 Å². The molecule has 0 aliphatic heterocycles. The maximum Gasteiger partial charge on any atom is 0.312 e. The van der Waals surface area contributed by atoms with Gasteiger partial charge in [0.15, 0.2) is 0 Å². The molecule has 10 nitrogen and oxygen atoms in total. The van der Waals surface area contributed by atoms with Gasteiger partial charge in [0, 0.05) is 0 Å².